The predicted molar refractivity (Wildman–Crippen MR) is 207 cm³/mol. The van der Waals surface area contributed by atoms with Crippen molar-refractivity contribution in [3.05, 3.63) is 129 Å². The van der Waals surface area contributed by atoms with Crippen LogP contribution < -0.4 is 0 Å². The largest absolute Gasteiger partial charge is 0.328 e. The summed E-state index contributed by atoms with van der Waals surface area (Å²) < 4.78 is 30.8. The van der Waals surface area contributed by atoms with Crippen LogP contribution in [0, 0.1) is 34.1 Å². The van der Waals surface area contributed by atoms with Crippen molar-refractivity contribution in [1.29, 1.82) is 0 Å². The average molecular weight is 761 g/mol. The molecular weight excluding hydrogens is 729 g/mol. The van der Waals surface area contributed by atoms with Gasteiger partial charge >= 0.3 is 0 Å². The Bertz CT molecular complexity index is 2900. The van der Waals surface area contributed by atoms with E-state index < -0.39 is 20.4 Å². The third-order valence-electron chi connectivity index (χ3n) is 9.15. The summed E-state index contributed by atoms with van der Waals surface area (Å²) in [4.78, 5) is 40.5. The minimum absolute atomic E-state index is 0.00846. The summed E-state index contributed by atoms with van der Waals surface area (Å²) in [6.07, 6.45) is 6.59. The number of hydrogen-bond donors (Lipinski definition) is 0. The lowest BCUT2D eigenvalue weighted by atomic mass is 10.2. The SMILES string of the molecule is CCn1c(C)nc2cc([N+](=O)[O-])c(S(=O)(=O)c3cccc4cnccc34)cc21.CCn1c(C)nc2cc([N+](=O)[O-])c(Sc3cccc4cnccc34)cc21. The summed E-state index contributed by atoms with van der Waals surface area (Å²) in [5.74, 6) is 1.52. The van der Waals surface area contributed by atoms with Crippen molar-refractivity contribution in [1.82, 2.24) is 29.1 Å². The van der Waals surface area contributed by atoms with Gasteiger partial charge in [0.15, 0.2) is 4.90 Å². The Labute approximate surface area is 312 Å². The summed E-state index contributed by atoms with van der Waals surface area (Å²) in [5.41, 5.74) is 2.11. The lowest BCUT2D eigenvalue weighted by Gasteiger charge is -2.10. The van der Waals surface area contributed by atoms with E-state index in [1.807, 2.05) is 55.7 Å². The molecular formula is C38H32N8O6S2. The minimum Gasteiger partial charge on any atom is -0.328 e. The van der Waals surface area contributed by atoms with Crippen LogP contribution in [0.4, 0.5) is 11.4 Å². The van der Waals surface area contributed by atoms with E-state index >= 15 is 0 Å². The average Bonchev–Trinajstić information content (AvgIpc) is 3.66. The van der Waals surface area contributed by atoms with E-state index in [2.05, 4.69) is 24.5 Å². The molecule has 4 heterocycles. The second-order valence-electron chi connectivity index (χ2n) is 12.2. The van der Waals surface area contributed by atoms with Gasteiger partial charge in [-0.2, -0.15) is 0 Å². The number of benzene rings is 4. The molecule has 0 aliphatic carbocycles. The normalized spacial score (nSPS) is 11.6. The molecule has 14 nitrogen and oxygen atoms in total. The van der Waals surface area contributed by atoms with Gasteiger partial charge in [0, 0.05) is 71.1 Å². The number of nitro groups is 2. The lowest BCUT2D eigenvalue weighted by Crippen LogP contribution is -2.07. The number of fused-ring (bicyclic) bond motifs is 4. The number of sulfone groups is 1. The predicted octanol–water partition coefficient (Wildman–Crippen LogP) is 8.63. The molecule has 8 aromatic rings. The second-order valence-corrected chi connectivity index (χ2v) is 15.2. The highest BCUT2D eigenvalue weighted by Crippen LogP contribution is 2.40. The van der Waals surface area contributed by atoms with Crippen molar-refractivity contribution in [2.75, 3.05) is 0 Å². The maximum absolute atomic E-state index is 13.5. The van der Waals surface area contributed by atoms with Crippen LogP contribution in [0.1, 0.15) is 25.5 Å². The zero-order chi connectivity index (χ0) is 38.3. The van der Waals surface area contributed by atoms with Crippen molar-refractivity contribution < 1.29 is 18.3 Å². The van der Waals surface area contributed by atoms with Gasteiger partial charge in [0.25, 0.3) is 11.4 Å². The van der Waals surface area contributed by atoms with Gasteiger partial charge in [-0.05, 0) is 69.5 Å². The number of rotatable bonds is 8. The first-order valence-corrected chi connectivity index (χ1v) is 19.1. The molecule has 0 atom stereocenters. The first-order valence-electron chi connectivity index (χ1n) is 16.8. The smallest absolute Gasteiger partial charge is 0.290 e. The third kappa shape index (κ3) is 6.39. The monoisotopic (exact) mass is 760 g/mol. The van der Waals surface area contributed by atoms with Crippen LogP contribution in [0.25, 0.3) is 43.6 Å². The summed E-state index contributed by atoms with van der Waals surface area (Å²) >= 11 is 1.40. The Hall–Kier alpha value is -6.26. The number of imidazole rings is 2. The van der Waals surface area contributed by atoms with Crippen LogP contribution in [0.3, 0.4) is 0 Å². The molecule has 0 aliphatic heterocycles. The van der Waals surface area contributed by atoms with Gasteiger partial charge in [0.05, 0.1) is 41.7 Å². The molecule has 0 saturated carbocycles. The standard InChI is InChI=1S/C19H16N4O4S.C19H16N4O2S/c1-3-22-12(2)21-15-9-17(23(24)25)19(10-16(15)22)28(26,27)18-6-4-5-13-11-20-8-7-14(13)18;1-3-22-12(2)21-15-9-17(23(24)25)19(10-16(15)22)26-18-6-4-5-13-11-20-8-7-14(13)18/h4-11H,3H2,1-2H3;4-11H,3H2,1-2H3. The maximum Gasteiger partial charge on any atom is 0.290 e. The van der Waals surface area contributed by atoms with Gasteiger partial charge in [0.1, 0.15) is 11.6 Å². The fraction of sp³-hybridized carbons (Fsp3) is 0.158. The molecule has 8 rings (SSSR count). The van der Waals surface area contributed by atoms with Crippen molar-refractivity contribution in [2.24, 2.45) is 0 Å². The molecule has 16 heteroatoms. The summed E-state index contributed by atoms with van der Waals surface area (Å²) in [5, 5.41) is 26.4. The molecule has 0 aliphatic rings. The van der Waals surface area contributed by atoms with E-state index in [9.17, 15) is 28.6 Å². The Morgan fingerprint density at radius 1 is 0.667 bits per heavy atom. The van der Waals surface area contributed by atoms with Crippen molar-refractivity contribution >= 4 is 76.6 Å². The number of aryl methyl sites for hydroxylation is 4. The van der Waals surface area contributed by atoms with Crippen molar-refractivity contribution in [3.63, 3.8) is 0 Å². The van der Waals surface area contributed by atoms with Crippen LogP contribution in [0.15, 0.2) is 117 Å². The molecule has 54 heavy (non-hydrogen) atoms. The molecule has 272 valence electrons. The molecule has 4 aromatic heterocycles. The Balaban J connectivity index is 0.000000167. The summed E-state index contributed by atoms with van der Waals surface area (Å²) in [6.45, 7) is 8.98. The van der Waals surface area contributed by atoms with Gasteiger partial charge in [-0.3, -0.25) is 30.2 Å². The molecule has 0 amide bonds. The Kier molecular flexibility index (Phi) is 9.55. The number of nitro benzene ring substituents is 2. The van der Waals surface area contributed by atoms with E-state index in [1.165, 1.54) is 36.2 Å². The van der Waals surface area contributed by atoms with Crippen molar-refractivity contribution in [3.8, 4) is 0 Å². The molecule has 0 fully saturated rings. The van der Waals surface area contributed by atoms with Gasteiger partial charge in [0.2, 0.25) is 9.84 Å². The number of aromatic nitrogens is 6. The van der Waals surface area contributed by atoms with Gasteiger partial charge < -0.3 is 9.13 Å². The zero-order valence-corrected chi connectivity index (χ0v) is 31.1. The highest BCUT2D eigenvalue weighted by Gasteiger charge is 2.31. The van der Waals surface area contributed by atoms with Gasteiger partial charge in [-0.15, -0.1) is 0 Å². The van der Waals surface area contributed by atoms with E-state index in [1.54, 1.807) is 49.8 Å². The quantitative estimate of drug-likeness (QED) is 0.107. The van der Waals surface area contributed by atoms with Crippen LogP contribution in [-0.4, -0.2) is 47.3 Å². The Morgan fingerprint density at radius 3 is 1.80 bits per heavy atom. The highest BCUT2D eigenvalue weighted by molar-refractivity contribution is 7.99. The molecule has 0 unspecified atom stereocenters. The topological polar surface area (TPSA) is 182 Å². The Morgan fingerprint density at radius 2 is 1.20 bits per heavy atom. The van der Waals surface area contributed by atoms with Crippen LogP contribution in [0.5, 0.6) is 0 Å². The number of hydrogen-bond acceptors (Lipinski definition) is 11. The summed E-state index contributed by atoms with van der Waals surface area (Å²) in [6, 6.07) is 20.3. The van der Waals surface area contributed by atoms with E-state index in [0.717, 1.165) is 33.6 Å². The molecule has 0 radical (unpaired) electrons. The van der Waals surface area contributed by atoms with Gasteiger partial charge in [-0.25, -0.2) is 18.4 Å². The molecule has 4 aromatic carbocycles. The van der Waals surface area contributed by atoms with Crippen LogP contribution in [0.2, 0.25) is 0 Å². The van der Waals surface area contributed by atoms with E-state index in [-0.39, 0.29) is 20.4 Å². The fourth-order valence-corrected chi connectivity index (χ4v) is 9.38. The molecule has 0 bridgehead atoms. The summed E-state index contributed by atoms with van der Waals surface area (Å²) in [7, 11) is -4.16. The second kappa shape index (κ2) is 14.3. The molecule has 0 N–H and O–H groups in total. The van der Waals surface area contributed by atoms with Gasteiger partial charge in [-0.1, -0.05) is 36.0 Å². The number of nitrogens with zero attached hydrogens (tertiary/aromatic N) is 8. The molecule has 0 spiro atoms. The maximum atomic E-state index is 13.5. The van der Waals surface area contributed by atoms with Crippen LogP contribution in [-0.2, 0) is 22.9 Å². The van der Waals surface area contributed by atoms with E-state index in [0.29, 0.717) is 44.6 Å². The first kappa shape index (κ1) is 36.1. The highest BCUT2D eigenvalue weighted by atomic mass is 32.2. The zero-order valence-electron chi connectivity index (χ0n) is 29.5. The lowest BCUT2D eigenvalue weighted by molar-refractivity contribution is -0.387. The third-order valence-corrected chi connectivity index (χ3v) is 12.1. The number of pyridine rings is 2. The van der Waals surface area contributed by atoms with Crippen LogP contribution >= 0.6 is 11.8 Å². The first-order chi connectivity index (χ1) is 25.9. The molecule has 0 saturated heterocycles. The van der Waals surface area contributed by atoms with E-state index in [4.69, 9.17) is 0 Å². The van der Waals surface area contributed by atoms with Crippen molar-refractivity contribution in [2.45, 2.75) is 60.4 Å². The minimum atomic E-state index is -4.16. The fourth-order valence-electron chi connectivity index (χ4n) is 6.65.